The molecule has 0 fully saturated rings. The quantitative estimate of drug-likeness (QED) is 0.689. The Kier molecular flexibility index (Phi) is 3.35. The lowest BCUT2D eigenvalue weighted by atomic mass is 10.0. The van der Waals surface area contributed by atoms with Crippen molar-refractivity contribution >= 4 is 5.78 Å². The number of nitrogens with zero attached hydrogens (tertiary/aromatic N) is 1. The largest absolute Gasteiger partial charge is 0.294 e. The maximum atomic E-state index is 12.8. The number of hydrogen-bond donors (Lipinski definition) is 0. The van der Waals surface area contributed by atoms with Crippen LogP contribution in [0.2, 0.25) is 0 Å². The van der Waals surface area contributed by atoms with E-state index in [1.807, 2.05) is 6.07 Å². The first-order valence-corrected chi connectivity index (χ1v) is 4.31. The minimum atomic E-state index is -0.420. The molecular formula is C11H10FNO. The summed E-state index contributed by atoms with van der Waals surface area (Å²) in [6, 6.07) is 5.99. The molecule has 0 spiro atoms. The van der Waals surface area contributed by atoms with Crippen molar-refractivity contribution < 1.29 is 9.18 Å². The van der Waals surface area contributed by atoms with Gasteiger partial charge in [0.1, 0.15) is 5.82 Å². The molecule has 0 aromatic heterocycles. The molecule has 72 valence electrons. The number of ketones is 1. The second kappa shape index (κ2) is 4.52. The Balaban J connectivity index is 2.90. The van der Waals surface area contributed by atoms with E-state index in [-0.39, 0.29) is 18.6 Å². The van der Waals surface area contributed by atoms with E-state index in [0.717, 1.165) is 5.56 Å². The number of nitriles is 1. The van der Waals surface area contributed by atoms with Crippen molar-refractivity contribution in [3.8, 4) is 6.07 Å². The fraction of sp³-hybridized carbons (Fsp3) is 0.273. The van der Waals surface area contributed by atoms with Crippen LogP contribution in [0.25, 0.3) is 0 Å². The van der Waals surface area contributed by atoms with Gasteiger partial charge in [-0.2, -0.15) is 5.26 Å². The van der Waals surface area contributed by atoms with E-state index in [2.05, 4.69) is 0 Å². The maximum absolute atomic E-state index is 12.8. The summed E-state index contributed by atoms with van der Waals surface area (Å²) < 4.78 is 12.8. The second-order valence-electron chi connectivity index (χ2n) is 3.04. The summed E-state index contributed by atoms with van der Waals surface area (Å²) >= 11 is 0. The lowest BCUT2D eigenvalue weighted by Crippen LogP contribution is -2.01. The van der Waals surface area contributed by atoms with Gasteiger partial charge < -0.3 is 0 Å². The molecule has 0 saturated carbocycles. The van der Waals surface area contributed by atoms with Gasteiger partial charge in [-0.05, 0) is 24.6 Å². The molecule has 0 radical (unpaired) electrons. The SMILES string of the molecule is Cc1ccc(F)cc1C(=O)CCC#N. The molecule has 0 aliphatic rings. The fourth-order valence-corrected chi connectivity index (χ4v) is 1.20. The summed E-state index contributed by atoms with van der Waals surface area (Å²) in [5, 5.41) is 8.31. The fourth-order valence-electron chi connectivity index (χ4n) is 1.20. The van der Waals surface area contributed by atoms with Crippen LogP contribution in [0, 0.1) is 24.1 Å². The van der Waals surface area contributed by atoms with Gasteiger partial charge in [0.05, 0.1) is 6.07 Å². The van der Waals surface area contributed by atoms with Gasteiger partial charge in [0.25, 0.3) is 0 Å². The van der Waals surface area contributed by atoms with Gasteiger partial charge in [-0.25, -0.2) is 4.39 Å². The minimum Gasteiger partial charge on any atom is -0.294 e. The van der Waals surface area contributed by atoms with Crippen LogP contribution in [0.1, 0.15) is 28.8 Å². The molecular weight excluding hydrogens is 181 g/mol. The Bertz CT molecular complexity index is 393. The van der Waals surface area contributed by atoms with Crippen LogP contribution in [-0.2, 0) is 0 Å². The average molecular weight is 191 g/mol. The third kappa shape index (κ3) is 2.40. The normalized spacial score (nSPS) is 9.50. The first kappa shape index (κ1) is 10.4. The molecule has 0 saturated heterocycles. The van der Waals surface area contributed by atoms with Crippen LogP contribution in [0.4, 0.5) is 4.39 Å². The number of carbonyl (C=O) groups is 1. The van der Waals surface area contributed by atoms with Crippen molar-refractivity contribution in [2.45, 2.75) is 19.8 Å². The highest BCUT2D eigenvalue weighted by atomic mass is 19.1. The number of halogens is 1. The molecule has 0 amide bonds. The smallest absolute Gasteiger partial charge is 0.164 e. The minimum absolute atomic E-state index is 0.154. The Labute approximate surface area is 82.0 Å². The van der Waals surface area contributed by atoms with Crippen molar-refractivity contribution in [1.82, 2.24) is 0 Å². The van der Waals surface area contributed by atoms with E-state index in [0.29, 0.717) is 5.56 Å². The van der Waals surface area contributed by atoms with Gasteiger partial charge in [-0.15, -0.1) is 0 Å². The van der Waals surface area contributed by atoms with Crippen LogP contribution < -0.4 is 0 Å². The summed E-state index contributed by atoms with van der Waals surface area (Å²) in [6.07, 6.45) is 0.329. The van der Waals surface area contributed by atoms with Gasteiger partial charge in [-0.3, -0.25) is 4.79 Å². The summed E-state index contributed by atoms with van der Waals surface area (Å²) in [7, 11) is 0. The number of benzene rings is 1. The zero-order valence-electron chi connectivity index (χ0n) is 7.88. The topological polar surface area (TPSA) is 40.9 Å². The molecule has 0 heterocycles. The van der Waals surface area contributed by atoms with Crippen molar-refractivity contribution in [3.63, 3.8) is 0 Å². The number of Topliss-reactive ketones (excluding diaryl/α,β-unsaturated/α-hetero) is 1. The monoisotopic (exact) mass is 191 g/mol. The highest BCUT2D eigenvalue weighted by Gasteiger charge is 2.09. The first-order valence-electron chi connectivity index (χ1n) is 4.31. The zero-order chi connectivity index (χ0) is 10.6. The Morgan fingerprint density at radius 2 is 2.29 bits per heavy atom. The summed E-state index contributed by atoms with van der Waals surface area (Å²) in [5.41, 5.74) is 1.12. The highest BCUT2D eigenvalue weighted by Crippen LogP contribution is 2.13. The molecule has 0 aliphatic heterocycles. The van der Waals surface area contributed by atoms with Crippen LogP contribution in [0.15, 0.2) is 18.2 Å². The van der Waals surface area contributed by atoms with Crippen LogP contribution in [-0.4, -0.2) is 5.78 Å². The third-order valence-corrected chi connectivity index (χ3v) is 1.96. The number of rotatable bonds is 3. The van der Waals surface area contributed by atoms with Crippen molar-refractivity contribution in [1.29, 1.82) is 5.26 Å². The molecule has 0 unspecified atom stereocenters. The van der Waals surface area contributed by atoms with Gasteiger partial charge in [0.2, 0.25) is 0 Å². The van der Waals surface area contributed by atoms with Crippen molar-refractivity contribution in [2.75, 3.05) is 0 Å². The first-order chi connectivity index (χ1) is 6.65. The van der Waals surface area contributed by atoms with Gasteiger partial charge in [0.15, 0.2) is 5.78 Å². The maximum Gasteiger partial charge on any atom is 0.164 e. The highest BCUT2D eigenvalue weighted by molar-refractivity contribution is 5.97. The molecule has 0 atom stereocenters. The zero-order valence-corrected chi connectivity index (χ0v) is 7.88. The number of hydrogen-bond acceptors (Lipinski definition) is 2. The summed E-state index contributed by atoms with van der Waals surface area (Å²) in [4.78, 5) is 11.5. The second-order valence-corrected chi connectivity index (χ2v) is 3.04. The van der Waals surface area contributed by atoms with Crippen LogP contribution in [0.5, 0.6) is 0 Å². The molecule has 0 N–H and O–H groups in total. The predicted molar refractivity (Wildman–Crippen MR) is 50.3 cm³/mol. The van der Waals surface area contributed by atoms with Crippen LogP contribution >= 0.6 is 0 Å². The molecule has 1 aromatic carbocycles. The molecule has 1 rings (SSSR count). The van der Waals surface area contributed by atoms with E-state index in [4.69, 9.17) is 5.26 Å². The Morgan fingerprint density at radius 3 is 2.93 bits per heavy atom. The van der Waals surface area contributed by atoms with E-state index in [1.165, 1.54) is 12.1 Å². The Hall–Kier alpha value is -1.69. The van der Waals surface area contributed by atoms with E-state index < -0.39 is 5.82 Å². The van der Waals surface area contributed by atoms with E-state index >= 15 is 0 Å². The number of aryl methyl sites for hydroxylation is 1. The van der Waals surface area contributed by atoms with E-state index in [9.17, 15) is 9.18 Å². The van der Waals surface area contributed by atoms with Crippen molar-refractivity contribution in [3.05, 3.63) is 35.1 Å². The Morgan fingerprint density at radius 1 is 1.57 bits per heavy atom. The molecule has 14 heavy (non-hydrogen) atoms. The number of carbonyl (C=O) groups excluding carboxylic acids is 1. The van der Waals surface area contributed by atoms with E-state index in [1.54, 1.807) is 13.0 Å². The van der Waals surface area contributed by atoms with Gasteiger partial charge in [-0.1, -0.05) is 6.07 Å². The van der Waals surface area contributed by atoms with Crippen molar-refractivity contribution in [2.24, 2.45) is 0 Å². The molecule has 3 heteroatoms. The molecule has 0 bridgehead atoms. The lowest BCUT2D eigenvalue weighted by molar-refractivity contribution is 0.0983. The lowest BCUT2D eigenvalue weighted by Gasteiger charge is -2.02. The standard InChI is InChI=1S/C11H10FNO/c1-8-4-5-9(12)7-10(8)11(14)3-2-6-13/h4-5,7H,2-3H2,1H3. The van der Waals surface area contributed by atoms with Gasteiger partial charge >= 0.3 is 0 Å². The molecule has 2 nitrogen and oxygen atoms in total. The molecule has 0 aliphatic carbocycles. The molecule has 1 aromatic rings. The average Bonchev–Trinajstić information content (AvgIpc) is 2.18. The van der Waals surface area contributed by atoms with Gasteiger partial charge in [0, 0.05) is 18.4 Å². The third-order valence-electron chi connectivity index (χ3n) is 1.96. The summed E-state index contributed by atoms with van der Waals surface area (Å²) in [6.45, 7) is 1.75. The van der Waals surface area contributed by atoms with Crippen LogP contribution in [0.3, 0.4) is 0 Å². The predicted octanol–water partition coefficient (Wildman–Crippen LogP) is 2.62. The summed E-state index contributed by atoms with van der Waals surface area (Å²) in [5.74, 6) is -0.598.